The fourth-order valence-electron chi connectivity index (χ4n) is 1.72. The van der Waals surface area contributed by atoms with Crippen LogP contribution in [0.15, 0.2) is 24.3 Å². The molecule has 0 saturated heterocycles. The monoisotopic (exact) mass is 293 g/mol. The van der Waals surface area contributed by atoms with Crippen LogP contribution in [0.2, 0.25) is 5.02 Å². The van der Waals surface area contributed by atoms with Gasteiger partial charge in [0.05, 0.1) is 11.6 Å². The van der Waals surface area contributed by atoms with Gasteiger partial charge in [-0.1, -0.05) is 49.4 Å². The van der Waals surface area contributed by atoms with Gasteiger partial charge in [0.1, 0.15) is 12.4 Å². The third-order valence-electron chi connectivity index (χ3n) is 2.97. The van der Waals surface area contributed by atoms with Crippen molar-refractivity contribution in [2.45, 2.75) is 26.7 Å². The van der Waals surface area contributed by atoms with E-state index in [1.807, 2.05) is 26.0 Å². The molecule has 0 aliphatic carbocycles. The Morgan fingerprint density at radius 3 is 2.65 bits per heavy atom. The van der Waals surface area contributed by atoms with Gasteiger partial charge in [-0.15, -0.1) is 0 Å². The first-order chi connectivity index (χ1) is 9.69. The van der Waals surface area contributed by atoms with Gasteiger partial charge in [0, 0.05) is 5.92 Å². The van der Waals surface area contributed by atoms with E-state index >= 15 is 0 Å². The van der Waals surface area contributed by atoms with Crippen LogP contribution in [0.25, 0.3) is 0 Å². The van der Waals surface area contributed by atoms with E-state index in [-0.39, 0.29) is 18.4 Å². The lowest BCUT2D eigenvalue weighted by molar-refractivity contribution is -0.124. The van der Waals surface area contributed by atoms with Crippen LogP contribution >= 0.6 is 11.6 Å². The number of para-hydroxylation sites is 1. The van der Waals surface area contributed by atoms with Crippen LogP contribution in [0.4, 0.5) is 0 Å². The van der Waals surface area contributed by atoms with Crippen LogP contribution < -0.4 is 10.1 Å². The molecule has 1 aromatic carbocycles. The number of amides is 1. The molecule has 0 atom stereocenters. The maximum absolute atomic E-state index is 11.7. The molecule has 0 fully saturated rings. The van der Waals surface area contributed by atoms with Gasteiger partial charge in [-0.2, -0.15) is 0 Å². The number of ether oxygens (including phenoxy) is 1. The van der Waals surface area contributed by atoms with Crippen molar-refractivity contribution in [2.75, 3.05) is 13.2 Å². The molecule has 20 heavy (non-hydrogen) atoms. The van der Waals surface area contributed by atoms with Crippen molar-refractivity contribution < 1.29 is 9.53 Å². The highest BCUT2D eigenvalue weighted by Crippen LogP contribution is 2.22. The molecule has 0 aliphatic heterocycles. The van der Waals surface area contributed by atoms with Gasteiger partial charge in [0.15, 0.2) is 0 Å². The molecule has 0 bridgehead atoms. The number of hydrogen-bond donors (Lipinski definition) is 1. The lowest BCUT2D eigenvalue weighted by Crippen LogP contribution is -2.30. The number of halogens is 1. The summed E-state index contributed by atoms with van der Waals surface area (Å²) in [6.07, 6.45) is 1.71. The van der Waals surface area contributed by atoms with Gasteiger partial charge >= 0.3 is 0 Å². The second kappa shape index (κ2) is 9.28. The quantitative estimate of drug-likeness (QED) is 0.818. The summed E-state index contributed by atoms with van der Waals surface area (Å²) in [7, 11) is 0. The van der Waals surface area contributed by atoms with E-state index in [2.05, 4.69) is 17.2 Å². The van der Waals surface area contributed by atoms with E-state index in [9.17, 15) is 4.79 Å². The maximum Gasteiger partial charge on any atom is 0.223 e. The van der Waals surface area contributed by atoms with Crippen LogP contribution in [0, 0.1) is 17.8 Å². The molecule has 0 unspecified atom stereocenters. The third kappa shape index (κ3) is 5.54. The number of rotatable bonds is 6. The molecule has 1 amide bonds. The number of carbonyl (C=O) groups is 1. The first kappa shape index (κ1) is 16.4. The average molecular weight is 294 g/mol. The zero-order valence-electron chi connectivity index (χ0n) is 11.9. The van der Waals surface area contributed by atoms with Crippen LogP contribution in [0.3, 0.4) is 0 Å². The minimum absolute atomic E-state index is 0.0660. The molecule has 0 aromatic heterocycles. The summed E-state index contributed by atoms with van der Waals surface area (Å²) >= 11 is 5.94. The Kier molecular flexibility index (Phi) is 7.60. The highest BCUT2D eigenvalue weighted by molar-refractivity contribution is 6.32. The van der Waals surface area contributed by atoms with Crippen molar-refractivity contribution in [1.82, 2.24) is 5.32 Å². The fraction of sp³-hybridized carbons (Fsp3) is 0.438. The first-order valence-electron chi connectivity index (χ1n) is 6.79. The zero-order chi connectivity index (χ0) is 14.8. The Balaban J connectivity index is 2.27. The Hall–Kier alpha value is -1.66. The highest BCUT2D eigenvalue weighted by atomic mass is 35.5. The molecule has 3 nitrogen and oxygen atoms in total. The lowest BCUT2D eigenvalue weighted by atomic mass is 10.0. The van der Waals surface area contributed by atoms with E-state index in [1.54, 1.807) is 12.1 Å². The smallest absolute Gasteiger partial charge is 0.223 e. The summed E-state index contributed by atoms with van der Waals surface area (Å²) in [6, 6.07) is 7.25. The molecule has 1 N–H and O–H groups in total. The Morgan fingerprint density at radius 2 is 2.00 bits per heavy atom. The second-order valence-corrected chi connectivity index (χ2v) is 4.71. The molecular weight excluding hydrogens is 274 g/mol. The summed E-state index contributed by atoms with van der Waals surface area (Å²) in [4.78, 5) is 11.7. The van der Waals surface area contributed by atoms with Crippen molar-refractivity contribution in [1.29, 1.82) is 0 Å². The largest absolute Gasteiger partial charge is 0.479 e. The standard InChI is InChI=1S/C16H20ClNO2/c1-3-13(4-2)16(19)18-11-7-8-12-20-15-10-6-5-9-14(15)17/h5-6,9-10,13H,3-4,11-12H2,1-2H3,(H,18,19). The van der Waals surface area contributed by atoms with Gasteiger partial charge in [-0.25, -0.2) is 0 Å². The molecule has 1 aromatic rings. The van der Waals surface area contributed by atoms with Gasteiger partial charge in [0.2, 0.25) is 5.91 Å². The van der Waals surface area contributed by atoms with Crippen LogP contribution in [0.1, 0.15) is 26.7 Å². The minimum Gasteiger partial charge on any atom is -0.479 e. The fourth-order valence-corrected chi connectivity index (χ4v) is 1.91. The number of carbonyl (C=O) groups excluding carboxylic acids is 1. The van der Waals surface area contributed by atoms with Crippen molar-refractivity contribution in [2.24, 2.45) is 5.92 Å². The molecule has 0 spiro atoms. The third-order valence-corrected chi connectivity index (χ3v) is 3.28. The summed E-state index contributed by atoms with van der Waals surface area (Å²) in [5, 5.41) is 3.37. The minimum atomic E-state index is 0.0660. The predicted octanol–water partition coefficient (Wildman–Crippen LogP) is 3.27. The molecule has 0 radical (unpaired) electrons. The topological polar surface area (TPSA) is 38.3 Å². The number of hydrogen-bond acceptors (Lipinski definition) is 2. The maximum atomic E-state index is 11.7. The van der Waals surface area contributed by atoms with E-state index < -0.39 is 0 Å². The van der Waals surface area contributed by atoms with Gasteiger partial charge in [-0.3, -0.25) is 4.79 Å². The zero-order valence-corrected chi connectivity index (χ0v) is 12.7. The Bertz CT molecular complexity index is 487. The molecular formula is C16H20ClNO2. The summed E-state index contributed by atoms with van der Waals surface area (Å²) in [6.45, 7) is 4.62. The van der Waals surface area contributed by atoms with Gasteiger partial charge in [0.25, 0.3) is 0 Å². The van der Waals surface area contributed by atoms with Gasteiger partial charge in [-0.05, 0) is 25.0 Å². The normalized spacial score (nSPS) is 9.80. The molecule has 108 valence electrons. The van der Waals surface area contributed by atoms with Crippen molar-refractivity contribution in [3.05, 3.63) is 29.3 Å². The SMILES string of the molecule is CCC(CC)C(=O)NCC#CCOc1ccccc1Cl. The van der Waals surface area contributed by atoms with E-state index in [0.29, 0.717) is 17.3 Å². The second-order valence-electron chi connectivity index (χ2n) is 4.30. The molecule has 1 rings (SSSR count). The van der Waals surface area contributed by atoms with Crippen molar-refractivity contribution in [3.8, 4) is 17.6 Å². The van der Waals surface area contributed by atoms with Crippen molar-refractivity contribution in [3.63, 3.8) is 0 Å². The van der Waals surface area contributed by atoms with Crippen molar-refractivity contribution >= 4 is 17.5 Å². The number of nitrogens with one attached hydrogen (secondary N) is 1. The van der Waals surface area contributed by atoms with Crippen LogP contribution in [-0.4, -0.2) is 19.1 Å². The lowest BCUT2D eigenvalue weighted by Gasteiger charge is -2.10. The average Bonchev–Trinajstić information content (AvgIpc) is 2.45. The van der Waals surface area contributed by atoms with Gasteiger partial charge < -0.3 is 10.1 Å². The molecule has 0 heterocycles. The summed E-state index contributed by atoms with van der Waals surface area (Å²) < 4.78 is 5.42. The van der Waals surface area contributed by atoms with E-state index in [4.69, 9.17) is 16.3 Å². The first-order valence-corrected chi connectivity index (χ1v) is 7.17. The predicted molar refractivity (Wildman–Crippen MR) is 81.8 cm³/mol. The Morgan fingerprint density at radius 1 is 1.30 bits per heavy atom. The van der Waals surface area contributed by atoms with Crippen LogP contribution in [-0.2, 0) is 4.79 Å². The molecule has 0 aliphatic rings. The highest BCUT2D eigenvalue weighted by Gasteiger charge is 2.12. The van der Waals surface area contributed by atoms with E-state index in [1.165, 1.54) is 0 Å². The summed E-state index contributed by atoms with van der Waals surface area (Å²) in [5.74, 6) is 6.47. The Labute approximate surface area is 125 Å². The molecule has 0 saturated carbocycles. The molecule has 4 heteroatoms. The summed E-state index contributed by atoms with van der Waals surface area (Å²) in [5.41, 5.74) is 0. The van der Waals surface area contributed by atoms with Crippen LogP contribution in [0.5, 0.6) is 5.75 Å². The van der Waals surface area contributed by atoms with E-state index in [0.717, 1.165) is 12.8 Å². The number of benzene rings is 1.